The van der Waals surface area contributed by atoms with Crippen molar-refractivity contribution in [3.05, 3.63) is 11.3 Å². The number of hydrogen-bond acceptors (Lipinski definition) is 5. The molecule has 1 unspecified atom stereocenters. The van der Waals surface area contributed by atoms with Crippen LogP contribution in [0.5, 0.6) is 5.88 Å². The molecule has 1 fully saturated rings. The highest BCUT2D eigenvalue weighted by molar-refractivity contribution is 5.78. The lowest BCUT2D eigenvalue weighted by molar-refractivity contribution is -0.143. The van der Waals surface area contributed by atoms with Crippen LogP contribution < -0.4 is 10.1 Å². The van der Waals surface area contributed by atoms with E-state index in [1.165, 1.54) is 20.0 Å². The minimum Gasteiger partial charge on any atom is -0.481 e. The van der Waals surface area contributed by atoms with Crippen molar-refractivity contribution in [1.82, 2.24) is 15.1 Å². The average molecular weight is 267 g/mol. The number of ether oxygens (including phenoxy) is 2. The summed E-state index contributed by atoms with van der Waals surface area (Å²) in [6.07, 6.45) is 2.45. The van der Waals surface area contributed by atoms with E-state index in [-0.39, 0.29) is 5.97 Å². The lowest BCUT2D eigenvalue weighted by atomic mass is 10.1. The summed E-state index contributed by atoms with van der Waals surface area (Å²) in [4.78, 5) is 12.0. The first-order valence-electron chi connectivity index (χ1n) is 6.47. The summed E-state index contributed by atoms with van der Waals surface area (Å²) in [5, 5.41) is 7.58. The molecule has 0 spiro atoms. The quantitative estimate of drug-likeness (QED) is 0.777. The van der Waals surface area contributed by atoms with Gasteiger partial charge in [-0.25, -0.2) is 9.48 Å². The number of rotatable bonds is 6. The van der Waals surface area contributed by atoms with Crippen molar-refractivity contribution < 1.29 is 14.3 Å². The lowest BCUT2D eigenvalue weighted by Gasteiger charge is -2.17. The zero-order valence-electron chi connectivity index (χ0n) is 11.9. The molecule has 0 aromatic carbocycles. The Morgan fingerprint density at radius 1 is 1.53 bits per heavy atom. The fraction of sp³-hybridized carbons (Fsp3) is 0.692. The van der Waals surface area contributed by atoms with Gasteiger partial charge in [-0.1, -0.05) is 0 Å². The van der Waals surface area contributed by atoms with Gasteiger partial charge in [0.1, 0.15) is 6.04 Å². The minimum absolute atomic E-state index is 0.310. The van der Waals surface area contributed by atoms with E-state index in [2.05, 4.69) is 10.4 Å². The lowest BCUT2D eigenvalue weighted by Crippen LogP contribution is -2.31. The molecule has 1 aromatic rings. The van der Waals surface area contributed by atoms with Crippen LogP contribution in [0.1, 0.15) is 30.1 Å². The van der Waals surface area contributed by atoms with Crippen molar-refractivity contribution in [2.24, 2.45) is 13.0 Å². The SMILES string of the molecule is COC(=O)C(NCC1CC1)c1c(C)nn(C)c1OC. The third-order valence-corrected chi connectivity index (χ3v) is 3.44. The summed E-state index contributed by atoms with van der Waals surface area (Å²) >= 11 is 0. The highest BCUT2D eigenvalue weighted by atomic mass is 16.5. The minimum atomic E-state index is -0.519. The third kappa shape index (κ3) is 2.89. The van der Waals surface area contributed by atoms with E-state index in [0.29, 0.717) is 11.8 Å². The first-order valence-corrected chi connectivity index (χ1v) is 6.47. The van der Waals surface area contributed by atoms with Crippen LogP contribution in [0, 0.1) is 12.8 Å². The summed E-state index contributed by atoms with van der Waals surface area (Å²) in [6.45, 7) is 2.68. The Morgan fingerprint density at radius 3 is 2.74 bits per heavy atom. The first kappa shape index (κ1) is 13.9. The second kappa shape index (κ2) is 5.61. The van der Waals surface area contributed by atoms with Gasteiger partial charge in [0, 0.05) is 7.05 Å². The number of aromatic nitrogens is 2. The fourth-order valence-corrected chi connectivity index (χ4v) is 2.26. The van der Waals surface area contributed by atoms with Gasteiger partial charge in [-0.15, -0.1) is 0 Å². The number of nitrogens with zero attached hydrogens (tertiary/aromatic N) is 2. The van der Waals surface area contributed by atoms with Gasteiger partial charge in [0.15, 0.2) is 0 Å². The van der Waals surface area contributed by atoms with Crippen molar-refractivity contribution in [2.75, 3.05) is 20.8 Å². The molecule has 0 aliphatic heterocycles. The van der Waals surface area contributed by atoms with E-state index in [9.17, 15) is 4.79 Å². The van der Waals surface area contributed by atoms with Crippen molar-refractivity contribution in [2.45, 2.75) is 25.8 Å². The number of carbonyl (C=O) groups is 1. The molecule has 0 saturated heterocycles. The van der Waals surface area contributed by atoms with Gasteiger partial charge in [-0.2, -0.15) is 5.10 Å². The number of hydrogen-bond donors (Lipinski definition) is 1. The van der Waals surface area contributed by atoms with E-state index in [0.717, 1.165) is 17.8 Å². The number of esters is 1. The summed E-state index contributed by atoms with van der Waals surface area (Å²) < 4.78 is 11.9. The zero-order valence-corrected chi connectivity index (χ0v) is 11.9. The molecule has 0 radical (unpaired) electrons. The van der Waals surface area contributed by atoms with Crippen LogP contribution >= 0.6 is 0 Å². The molecule has 1 aromatic heterocycles. The van der Waals surface area contributed by atoms with E-state index < -0.39 is 6.04 Å². The molecule has 1 heterocycles. The molecule has 6 nitrogen and oxygen atoms in total. The Bertz CT molecular complexity index is 466. The Labute approximate surface area is 113 Å². The molecular weight excluding hydrogens is 246 g/mol. The predicted molar refractivity (Wildman–Crippen MR) is 70.0 cm³/mol. The second-order valence-corrected chi connectivity index (χ2v) is 4.94. The van der Waals surface area contributed by atoms with Crippen LogP contribution in [0.4, 0.5) is 0 Å². The van der Waals surface area contributed by atoms with Gasteiger partial charge >= 0.3 is 5.97 Å². The van der Waals surface area contributed by atoms with Gasteiger partial charge in [-0.3, -0.25) is 0 Å². The van der Waals surface area contributed by atoms with Gasteiger partial charge in [-0.05, 0) is 32.2 Å². The first-order chi connectivity index (χ1) is 9.08. The number of aryl methyl sites for hydroxylation is 2. The fourth-order valence-electron chi connectivity index (χ4n) is 2.26. The summed E-state index contributed by atoms with van der Waals surface area (Å²) in [6, 6.07) is -0.519. The molecule has 1 aliphatic rings. The van der Waals surface area contributed by atoms with E-state index >= 15 is 0 Å². The van der Waals surface area contributed by atoms with Crippen LogP contribution in [0.25, 0.3) is 0 Å². The van der Waals surface area contributed by atoms with E-state index in [1.807, 2.05) is 6.92 Å². The van der Waals surface area contributed by atoms with Crippen molar-refractivity contribution in [3.63, 3.8) is 0 Å². The maximum Gasteiger partial charge on any atom is 0.327 e. The zero-order chi connectivity index (χ0) is 14.0. The molecule has 1 saturated carbocycles. The number of nitrogens with one attached hydrogen (secondary N) is 1. The Kier molecular flexibility index (Phi) is 4.09. The van der Waals surface area contributed by atoms with Crippen LogP contribution in [-0.4, -0.2) is 36.5 Å². The number of methoxy groups -OCH3 is 2. The second-order valence-electron chi connectivity index (χ2n) is 4.94. The molecular formula is C13H21N3O3. The molecule has 1 atom stereocenters. The van der Waals surface area contributed by atoms with Gasteiger partial charge in [0.2, 0.25) is 5.88 Å². The van der Waals surface area contributed by atoms with E-state index in [1.54, 1.807) is 18.8 Å². The Hall–Kier alpha value is -1.56. The third-order valence-electron chi connectivity index (χ3n) is 3.44. The standard InChI is InChI=1S/C13H21N3O3/c1-8-10(12(18-3)16(2)15-8)11(13(17)19-4)14-7-9-5-6-9/h9,11,14H,5-7H2,1-4H3. The van der Waals surface area contributed by atoms with Crippen molar-refractivity contribution in [1.29, 1.82) is 0 Å². The Morgan fingerprint density at radius 2 is 2.21 bits per heavy atom. The van der Waals surface area contributed by atoms with Crippen LogP contribution in [-0.2, 0) is 16.6 Å². The monoisotopic (exact) mass is 267 g/mol. The topological polar surface area (TPSA) is 65.4 Å². The molecule has 19 heavy (non-hydrogen) atoms. The van der Waals surface area contributed by atoms with Crippen LogP contribution in [0.3, 0.4) is 0 Å². The summed E-state index contributed by atoms with van der Waals surface area (Å²) in [7, 11) is 4.77. The maximum absolute atomic E-state index is 12.0. The number of carbonyl (C=O) groups excluding carboxylic acids is 1. The van der Waals surface area contributed by atoms with Crippen LogP contribution in [0.15, 0.2) is 0 Å². The Balaban J connectivity index is 2.27. The average Bonchev–Trinajstić information content (AvgIpc) is 3.16. The predicted octanol–water partition coefficient (Wildman–Crippen LogP) is 0.951. The summed E-state index contributed by atoms with van der Waals surface area (Å²) in [5.41, 5.74) is 1.54. The molecule has 0 amide bonds. The van der Waals surface area contributed by atoms with Gasteiger partial charge in [0.25, 0.3) is 0 Å². The normalized spacial score (nSPS) is 16.2. The molecule has 1 N–H and O–H groups in total. The van der Waals surface area contributed by atoms with Gasteiger partial charge in [0.05, 0.1) is 25.5 Å². The van der Waals surface area contributed by atoms with E-state index in [4.69, 9.17) is 9.47 Å². The van der Waals surface area contributed by atoms with Crippen molar-refractivity contribution in [3.8, 4) is 5.88 Å². The largest absolute Gasteiger partial charge is 0.481 e. The molecule has 106 valence electrons. The highest BCUT2D eigenvalue weighted by Gasteiger charge is 2.31. The van der Waals surface area contributed by atoms with Crippen molar-refractivity contribution >= 4 is 5.97 Å². The molecule has 6 heteroatoms. The maximum atomic E-state index is 12.0. The van der Waals surface area contributed by atoms with Gasteiger partial charge < -0.3 is 14.8 Å². The molecule has 2 rings (SSSR count). The smallest absolute Gasteiger partial charge is 0.327 e. The highest BCUT2D eigenvalue weighted by Crippen LogP contribution is 2.32. The molecule has 0 bridgehead atoms. The summed E-state index contributed by atoms with van der Waals surface area (Å²) in [5.74, 6) is 0.960. The molecule has 1 aliphatic carbocycles. The van der Waals surface area contributed by atoms with Crippen LogP contribution in [0.2, 0.25) is 0 Å².